The highest BCUT2D eigenvalue weighted by Crippen LogP contribution is 2.19. The summed E-state index contributed by atoms with van der Waals surface area (Å²) >= 11 is 0. The number of halogens is 1. The van der Waals surface area contributed by atoms with Crippen LogP contribution in [-0.2, 0) is 16.0 Å². The van der Waals surface area contributed by atoms with E-state index >= 15 is 0 Å². The number of rotatable bonds is 7. The molecule has 25 heavy (non-hydrogen) atoms. The number of methoxy groups -OCH3 is 1. The average Bonchev–Trinajstić information content (AvgIpc) is 2.95. The lowest BCUT2D eigenvalue weighted by Crippen LogP contribution is -2.47. The number of ether oxygens (including phenoxy) is 1. The number of H-pyrrole nitrogens is 1. The number of carbonyl (C=O) groups excluding carboxylic acids is 2. The molecular weight excluding hydrogens is 325 g/mol. The molecule has 0 saturated heterocycles. The molecule has 0 radical (unpaired) electrons. The van der Waals surface area contributed by atoms with Gasteiger partial charge in [0.25, 0.3) is 0 Å². The molecule has 7 heteroatoms. The quantitative estimate of drug-likeness (QED) is 0.719. The highest BCUT2D eigenvalue weighted by atomic mass is 19.1. The first-order valence-electron chi connectivity index (χ1n) is 8.28. The standard InChI is InChI=1S/C18H24FN3O3/c1-11(2)8-16(22-18(24)25-3)17(23)20-7-6-12-10-21-15-9-13(19)4-5-14(12)15/h4-5,9-11,16,21H,6-8H2,1-3H3,(H,20,23)(H,22,24). The molecule has 0 aliphatic rings. The smallest absolute Gasteiger partial charge is 0.407 e. The Kier molecular flexibility index (Phi) is 6.38. The number of hydrogen-bond donors (Lipinski definition) is 3. The second kappa shape index (κ2) is 8.50. The van der Waals surface area contributed by atoms with E-state index < -0.39 is 12.1 Å². The number of aromatic amines is 1. The number of aromatic nitrogens is 1. The minimum absolute atomic E-state index is 0.245. The molecule has 0 aliphatic heterocycles. The molecule has 0 bridgehead atoms. The fourth-order valence-corrected chi connectivity index (χ4v) is 2.71. The lowest BCUT2D eigenvalue weighted by molar-refractivity contribution is -0.123. The van der Waals surface area contributed by atoms with Crippen LogP contribution in [0.25, 0.3) is 10.9 Å². The highest BCUT2D eigenvalue weighted by Gasteiger charge is 2.22. The molecular formula is C18H24FN3O3. The van der Waals surface area contributed by atoms with Crippen LogP contribution in [0.1, 0.15) is 25.8 Å². The van der Waals surface area contributed by atoms with Crippen molar-refractivity contribution in [2.24, 2.45) is 5.92 Å². The van der Waals surface area contributed by atoms with Crippen LogP contribution < -0.4 is 10.6 Å². The zero-order valence-corrected chi connectivity index (χ0v) is 14.7. The third-order valence-corrected chi connectivity index (χ3v) is 3.92. The maximum absolute atomic E-state index is 13.2. The summed E-state index contributed by atoms with van der Waals surface area (Å²) < 4.78 is 17.8. The van der Waals surface area contributed by atoms with Gasteiger partial charge in [0.05, 0.1) is 7.11 Å². The Morgan fingerprint density at radius 3 is 2.76 bits per heavy atom. The summed E-state index contributed by atoms with van der Waals surface area (Å²) in [4.78, 5) is 26.7. The molecule has 1 heterocycles. The first-order chi connectivity index (χ1) is 11.9. The van der Waals surface area contributed by atoms with Crippen LogP contribution in [0, 0.1) is 11.7 Å². The lowest BCUT2D eigenvalue weighted by atomic mass is 10.0. The highest BCUT2D eigenvalue weighted by molar-refractivity contribution is 5.86. The van der Waals surface area contributed by atoms with Crippen molar-refractivity contribution in [1.82, 2.24) is 15.6 Å². The molecule has 6 nitrogen and oxygen atoms in total. The zero-order chi connectivity index (χ0) is 18.4. The first kappa shape index (κ1) is 18.8. The third kappa shape index (κ3) is 5.20. The second-order valence-electron chi connectivity index (χ2n) is 6.36. The van der Waals surface area contributed by atoms with E-state index in [0.29, 0.717) is 19.4 Å². The third-order valence-electron chi connectivity index (χ3n) is 3.92. The van der Waals surface area contributed by atoms with Crippen LogP contribution in [-0.4, -0.2) is 36.7 Å². The van der Waals surface area contributed by atoms with E-state index in [-0.39, 0.29) is 17.6 Å². The van der Waals surface area contributed by atoms with E-state index in [1.165, 1.54) is 19.2 Å². The van der Waals surface area contributed by atoms with Crippen LogP contribution in [0.3, 0.4) is 0 Å². The Hall–Kier alpha value is -2.57. The normalized spacial score (nSPS) is 12.2. The van der Waals surface area contributed by atoms with Crippen LogP contribution >= 0.6 is 0 Å². The van der Waals surface area contributed by atoms with Gasteiger partial charge in [-0.05, 0) is 42.5 Å². The number of carbonyl (C=O) groups is 2. The topological polar surface area (TPSA) is 83.2 Å². The van der Waals surface area contributed by atoms with Gasteiger partial charge < -0.3 is 20.4 Å². The lowest BCUT2D eigenvalue weighted by Gasteiger charge is -2.19. The molecule has 0 aliphatic carbocycles. The summed E-state index contributed by atoms with van der Waals surface area (Å²) in [5.41, 5.74) is 1.73. The van der Waals surface area contributed by atoms with Crippen molar-refractivity contribution in [2.45, 2.75) is 32.7 Å². The maximum atomic E-state index is 13.2. The van der Waals surface area contributed by atoms with E-state index in [4.69, 9.17) is 0 Å². The van der Waals surface area contributed by atoms with Gasteiger partial charge in [0.15, 0.2) is 0 Å². The van der Waals surface area contributed by atoms with Gasteiger partial charge in [0, 0.05) is 23.6 Å². The van der Waals surface area contributed by atoms with Gasteiger partial charge in [-0.25, -0.2) is 9.18 Å². The number of alkyl carbamates (subject to hydrolysis) is 1. The number of hydrogen-bond acceptors (Lipinski definition) is 3. The fourth-order valence-electron chi connectivity index (χ4n) is 2.71. The van der Waals surface area contributed by atoms with Gasteiger partial charge in [-0.1, -0.05) is 13.8 Å². The van der Waals surface area contributed by atoms with Crippen LogP contribution in [0.15, 0.2) is 24.4 Å². The largest absolute Gasteiger partial charge is 0.453 e. The Morgan fingerprint density at radius 1 is 1.32 bits per heavy atom. The van der Waals surface area contributed by atoms with Crippen molar-refractivity contribution >= 4 is 22.9 Å². The summed E-state index contributed by atoms with van der Waals surface area (Å²) in [6.07, 6.45) is 2.31. The molecule has 1 atom stereocenters. The van der Waals surface area contributed by atoms with Crippen molar-refractivity contribution in [3.8, 4) is 0 Å². The molecule has 3 N–H and O–H groups in total. The van der Waals surface area contributed by atoms with Crippen molar-refractivity contribution in [3.63, 3.8) is 0 Å². The molecule has 0 spiro atoms. The predicted molar refractivity (Wildman–Crippen MR) is 93.8 cm³/mol. The summed E-state index contributed by atoms with van der Waals surface area (Å²) in [7, 11) is 1.26. The van der Waals surface area contributed by atoms with Crippen molar-refractivity contribution in [2.75, 3.05) is 13.7 Å². The van der Waals surface area contributed by atoms with E-state index in [2.05, 4.69) is 20.4 Å². The van der Waals surface area contributed by atoms with Gasteiger partial charge in [0.1, 0.15) is 11.9 Å². The Bertz CT molecular complexity index is 742. The zero-order valence-electron chi connectivity index (χ0n) is 14.7. The maximum Gasteiger partial charge on any atom is 0.407 e. The number of benzene rings is 1. The van der Waals surface area contributed by atoms with Crippen LogP contribution in [0.4, 0.5) is 9.18 Å². The number of fused-ring (bicyclic) bond motifs is 1. The molecule has 0 fully saturated rings. The first-order valence-corrected chi connectivity index (χ1v) is 8.28. The summed E-state index contributed by atoms with van der Waals surface area (Å²) in [5.74, 6) is -0.291. The second-order valence-corrected chi connectivity index (χ2v) is 6.36. The van der Waals surface area contributed by atoms with Crippen molar-refractivity contribution in [1.29, 1.82) is 0 Å². The Morgan fingerprint density at radius 2 is 2.08 bits per heavy atom. The molecule has 0 saturated carbocycles. The predicted octanol–water partition coefficient (Wildman–Crippen LogP) is 2.74. The molecule has 1 unspecified atom stereocenters. The van der Waals surface area contributed by atoms with Crippen molar-refractivity contribution in [3.05, 3.63) is 35.8 Å². The average molecular weight is 349 g/mol. The van der Waals surface area contributed by atoms with E-state index in [1.807, 2.05) is 20.0 Å². The van der Waals surface area contributed by atoms with Gasteiger partial charge >= 0.3 is 6.09 Å². The SMILES string of the molecule is COC(=O)NC(CC(C)C)C(=O)NCCc1c[nH]c2cc(F)ccc12. The van der Waals surface area contributed by atoms with E-state index in [9.17, 15) is 14.0 Å². The Labute approximate surface area is 146 Å². The minimum Gasteiger partial charge on any atom is -0.453 e. The van der Waals surface area contributed by atoms with Crippen LogP contribution in [0.5, 0.6) is 0 Å². The number of nitrogens with one attached hydrogen (secondary N) is 3. The molecule has 2 rings (SSSR count). The van der Waals surface area contributed by atoms with Crippen LogP contribution in [0.2, 0.25) is 0 Å². The van der Waals surface area contributed by atoms with Crippen molar-refractivity contribution < 1.29 is 18.7 Å². The molecule has 1 aromatic carbocycles. The van der Waals surface area contributed by atoms with Gasteiger partial charge in [-0.3, -0.25) is 4.79 Å². The fraction of sp³-hybridized carbons (Fsp3) is 0.444. The van der Waals surface area contributed by atoms with Gasteiger partial charge in [0.2, 0.25) is 5.91 Å². The number of amides is 2. The van der Waals surface area contributed by atoms with E-state index in [0.717, 1.165) is 16.5 Å². The summed E-state index contributed by atoms with van der Waals surface area (Å²) in [5, 5.41) is 6.32. The van der Waals surface area contributed by atoms with Gasteiger partial charge in [-0.2, -0.15) is 0 Å². The van der Waals surface area contributed by atoms with Gasteiger partial charge in [-0.15, -0.1) is 0 Å². The van der Waals surface area contributed by atoms with E-state index in [1.54, 1.807) is 6.07 Å². The monoisotopic (exact) mass is 349 g/mol. The molecule has 136 valence electrons. The minimum atomic E-state index is -0.635. The molecule has 1 aromatic heterocycles. The summed E-state index contributed by atoms with van der Waals surface area (Å²) in [6.45, 7) is 4.37. The molecule has 2 amide bonds. The molecule has 2 aromatic rings. The Balaban J connectivity index is 1.93. The summed E-state index contributed by atoms with van der Waals surface area (Å²) in [6, 6.07) is 3.94.